The maximum atomic E-state index is 10.5. The highest BCUT2D eigenvalue weighted by molar-refractivity contribution is 8.50. The molecule has 0 aromatic heterocycles. The number of hydrogen-bond acceptors (Lipinski definition) is 5. The van der Waals surface area contributed by atoms with Gasteiger partial charge >= 0.3 is 11.9 Å². The summed E-state index contributed by atoms with van der Waals surface area (Å²) in [6, 6.07) is 0. The number of thioether (sulfide) groups is 2. The van der Waals surface area contributed by atoms with E-state index < -0.39 is 22.4 Å². The molecule has 0 spiro atoms. The fourth-order valence-electron chi connectivity index (χ4n) is 0.719. The van der Waals surface area contributed by atoms with Crippen molar-refractivity contribution in [1.29, 1.82) is 0 Å². The Balaban J connectivity index is 2.79. The van der Waals surface area contributed by atoms with Crippen LogP contribution in [0, 0.1) is 0 Å². The number of carboxylic acids is 2. The molecule has 7 heteroatoms. The summed E-state index contributed by atoms with van der Waals surface area (Å²) >= 11 is 6.56. The zero-order chi connectivity index (χ0) is 9.30. The molecule has 0 aliphatic carbocycles. The minimum absolute atomic E-state index is 0.384. The minimum Gasteiger partial charge on any atom is -0.480 e. The maximum absolute atomic E-state index is 10.5. The predicted molar refractivity (Wildman–Crippen MR) is 50.6 cm³/mol. The average molecular weight is 224 g/mol. The zero-order valence-electron chi connectivity index (χ0n) is 5.59. The van der Waals surface area contributed by atoms with E-state index in [9.17, 15) is 9.59 Å². The fourth-order valence-corrected chi connectivity index (χ4v) is 3.61. The van der Waals surface area contributed by atoms with Crippen molar-refractivity contribution in [3.8, 4) is 0 Å². The van der Waals surface area contributed by atoms with Crippen LogP contribution in [0.1, 0.15) is 0 Å². The van der Waals surface area contributed by atoms with Gasteiger partial charge in [0.05, 0.1) is 0 Å². The van der Waals surface area contributed by atoms with E-state index in [4.69, 9.17) is 22.4 Å². The second kappa shape index (κ2) is 3.63. The summed E-state index contributed by atoms with van der Waals surface area (Å²) < 4.78 is 0.384. The van der Waals surface area contributed by atoms with Crippen LogP contribution in [0.3, 0.4) is 0 Å². The third-order valence-corrected chi connectivity index (χ3v) is 4.38. The number of carbonyl (C=O) groups is 2. The Morgan fingerprint density at radius 2 is 1.50 bits per heavy atom. The molecule has 0 amide bonds. The fraction of sp³-hybridized carbons (Fsp3) is 0.400. The van der Waals surface area contributed by atoms with Crippen LogP contribution in [-0.2, 0) is 9.59 Å². The molecule has 1 aliphatic rings. The van der Waals surface area contributed by atoms with Gasteiger partial charge in [0.25, 0.3) is 0 Å². The zero-order valence-corrected chi connectivity index (χ0v) is 8.04. The second-order valence-electron chi connectivity index (χ2n) is 2.00. The number of carboxylic acid groups (broad SMARTS) is 2. The Morgan fingerprint density at radius 1 is 1.17 bits per heavy atom. The van der Waals surface area contributed by atoms with Crippen LogP contribution in [-0.4, -0.2) is 36.2 Å². The van der Waals surface area contributed by atoms with Gasteiger partial charge in [0, 0.05) is 0 Å². The standard InChI is InChI=1S/C5H4O4S3/c6-3(7)1-2(4(8)9)12-5(10)11-1/h1-2H,(H,6,7)(H,8,9). The highest BCUT2D eigenvalue weighted by Crippen LogP contribution is 2.39. The quantitative estimate of drug-likeness (QED) is 0.667. The lowest BCUT2D eigenvalue weighted by Gasteiger charge is -2.06. The molecule has 0 bridgehead atoms. The lowest BCUT2D eigenvalue weighted by atomic mass is 10.3. The summed E-state index contributed by atoms with van der Waals surface area (Å²) in [7, 11) is 0. The number of aliphatic carboxylic acids is 2. The van der Waals surface area contributed by atoms with Crippen molar-refractivity contribution in [1.82, 2.24) is 0 Å². The van der Waals surface area contributed by atoms with E-state index in [1.54, 1.807) is 0 Å². The van der Waals surface area contributed by atoms with Crippen LogP contribution in [0.25, 0.3) is 0 Å². The molecular weight excluding hydrogens is 220 g/mol. The summed E-state index contributed by atoms with van der Waals surface area (Å²) in [5, 5.41) is 15.3. The first-order valence-electron chi connectivity index (χ1n) is 2.85. The monoisotopic (exact) mass is 224 g/mol. The minimum atomic E-state index is -1.13. The molecule has 1 aliphatic heterocycles. The van der Waals surface area contributed by atoms with Crippen molar-refractivity contribution in [2.24, 2.45) is 0 Å². The predicted octanol–water partition coefficient (Wildman–Crippen LogP) is 0.658. The molecule has 1 heterocycles. The molecule has 0 radical (unpaired) electrons. The molecule has 1 saturated heterocycles. The molecule has 2 atom stereocenters. The van der Waals surface area contributed by atoms with E-state index in [-0.39, 0.29) is 0 Å². The van der Waals surface area contributed by atoms with Crippen LogP contribution in [0.15, 0.2) is 0 Å². The van der Waals surface area contributed by atoms with Crippen molar-refractivity contribution in [3.05, 3.63) is 0 Å². The van der Waals surface area contributed by atoms with E-state index in [1.807, 2.05) is 0 Å². The molecule has 2 unspecified atom stereocenters. The number of rotatable bonds is 2. The van der Waals surface area contributed by atoms with Gasteiger partial charge in [-0.1, -0.05) is 35.7 Å². The van der Waals surface area contributed by atoms with Gasteiger partial charge in [-0.15, -0.1) is 0 Å². The first kappa shape index (κ1) is 9.82. The van der Waals surface area contributed by atoms with Crippen molar-refractivity contribution >= 4 is 51.2 Å². The molecule has 4 nitrogen and oxygen atoms in total. The molecule has 0 saturated carbocycles. The van der Waals surface area contributed by atoms with E-state index in [0.717, 1.165) is 23.5 Å². The Morgan fingerprint density at radius 3 is 1.75 bits per heavy atom. The molecule has 0 aromatic carbocycles. The molecule has 1 rings (SSSR count). The Kier molecular flexibility index (Phi) is 2.97. The van der Waals surface area contributed by atoms with Crippen molar-refractivity contribution in [2.45, 2.75) is 10.5 Å². The molecule has 2 N–H and O–H groups in total. The van der Waals surface area contributed by atoms with E-state index in [2.05, 4.69) is 0 Å². The Labute approximate surface area is 81.7 Å². The molecule has 12 heavy (non-hydrogen) atoms. The average Bonchev–Trinajstić information content (AvgIpc) is 2.31. The van der Waals surface area contributed by atoms with Crippen molar-refractivity contribution in [3.63, 3.8) is 0 Å². The van der Waals surface area contributed by atoms with Crippen LogP contribution in [0.5, 0.6) is 0 Å². The van der Waals surface area contributed by atoms with Gasteiger partial charge in [0.2, 0.25) is 0 Å². The summed E-state index contributed by atoms with van der Waals surface area (Å²) in [6.45, 7) is 0. The largest absolute Gasteiger partial charge is 0.480 e. The van der Waals surface area contributed by atoms with E-state index >= 15 is 0 Å². The molecule has 66 valence electrons. The van der Waals surface area contributed by atoms with Gasteiger partial charge < -0.3 is 10.2 Å². The first-order valence-corrected chi connectivity index (χ1v) is 5.02. The number of thiocarbonyl (C=S) groups is 1. The second-order valence-corrected chi connectivity index (χ2v) is 5.49. The number of hydrogen-bond donors (Lipinski definition) is 2. The van der Waals surface area contributed by atoms with E-state index in [0.29, 0.717) is 3.53 Å². The van der Waals surface area contributed by atoms with Gasteiger partial charge in [-0.2, -0.15) is 0 Å². The maximum Gasteiger partial charge on any atom is 0.318 e. The van der Waals surface area contributed by atoms with Crippen molar-refractivity contribution in [2.75, 3.05) is 0 Å². The highest BCUT2D eigenvalue weighted by atomic mass is 32.2. The van der Waals surface area contributed by atoms with Gasteiger partial charge in [0.15, 0.2) is 0 Å². The Hall–Kier alpha value is -0.270. The van der Waals surface area contributed by atoms with Gasteiger partial charge in [-0.25, -0.2) is 0 Å². The molecular formula is C5H4O4S3. The van der Waals surface area contributed by atoms with Gasteiger partial charge in [0.1, 0.15) is 14.0 Å². The Bertz CT molecular complexity index is 227. The van der Waals surface area contributed by atoms with Gasteiger partial charge in [-0.3, -0.25) is 9.59 Å². The van der Waals surface area contributed by atoms with Crippen LogP contribution in [0.4, 0.5) is 0 Å². The molecule has 1 fully saturated rings. The van der Waals surface area contributed by atoms with Gasteiger partial charge in [-0.05, 0) is 0 Å². The van der Waals surface area contributed by atoms with E-state index in [1.165, 1.54) is 0 Å². The van der Waals surface area contributed by atoms with Crippen LogP contribution < -0.4 is 0 Å². The smallest absolute Gasteiger partial charge is 0.318 e. The third-order valence-electron chi connectivity index (χ3n) is 1.21. The lowest BCUT2D eigenvalue weighted by Crippen LogP contribution is -2.31. The summed E-state index contributed by atoms with van der Waals surface area (Å²) in [5.74, 6) is -2.25. The molecule has 0 aromatic rings. The van der Waals surface area contributed by atoms with Crippen LogP contribution >= 0.6 is 35.7 Å². The SMILES string of the molecule is O=C(O)C1SC(=S)SC1C(=O)O. The summed E-state index contributed by atoms with van der Waals surface area (Å²) in [5.41, 5.74) is 0. The summed E-state index contributed by atoms with van der Waals surface area (Å²) in [6.07, 6.45) is 0. The first-order chi connectivity index (χ1) is 5.52. The van der Waals surface area contributed by atoms with Crippen LogP contribution in [0.2, 0.25) is 0 Å². The normalized spacial score (nSPS) is 28.8. The third kappa shape index (κ3) is 1.90. The lowest BCUT2D eigenvalue weighted by molar-refractivity contribution is -0.142. The highest BCUT2D eigenvalue weighted by Gasteiger charge is 2.42. The van der Waals surface area contributed by atoms with Crippen molar-refractivity contribution < 1.29 is 19.8 Å². The summed E-state index contributed by atoms with van der Waals surface area (Å²) in [4.78, 5) is 21.0. The topological polar surface area (TPSA) is 74.6 Å².